The Morgan fingerprint density at radius 2 is 1.02 bits per heavy atom. The van der Waals surface area contributed by atoms with Gasteiger partial charge in [-0.1, -0.05) is 0 Å². The SMILES string of the molecule is C1OCC2OC12.CO[C@H]1COC[C@@H]1Oc1ccc(Br)c(F)c1.CO[C@H]1COC[C@@H]1Oc1ccc(N2CCNCC2)c(F)c1.O[C@H]1COC[C@@H]1Oc1ccc(Br)c(F)c1. The van der Waals surface area contributed by atoms with E-state index in [1.807, 2.05) is 11.0 Å². The average molecular weight is 951 g/mol. The molecule has 2 unspecified atom stereocenters. The van der Waals surface area contributed by atoms with Crippen molar-refractivity contribution in [3.8, 4) is 17.2 Å². The normalized spacial score (nSPS) is 28.2. The lowest BCUT2D eigenvalue weighted by atomic mass is 10.2. The first-order valence-corrected chi connectivity index (χ1v) is 20.6. The van der Waals surface area contributed by atoms with Crippen molar-refractivity contribution >= 4 is 37.5 Å². The zero-order chi connectivity index (χ0) is 41.0. The summed E-state index contributed by atoms with van der Waals surface area (Å²) in [5.74, 6) is 0.418. The number of aliphatic hydroxyl groups excluding tert-OH is 1. The van der Waals surface area contributed by atoms with Gasteiger partial charge in [0.25, 0.3) is 0 Å². The summed E-state index contributed by atoms with van der Waals surface area (Å²) in [6, 6.07) is 14.2. The van der Waals surface area contributed by atoms with Gasteiger partial charge < -0.3 is 62.7 Å². The third kappa shape index (κ3) is 12.9. The maximum Gasteiger partial charge on any atom is 0.150 e. The molecular weight excluding hydrogens is 901 g/mol. The standard InChI is InChI=1S/C15H21FN2O3.C11H12BrFO3.C10H10BrFO3.C4H6O2/c1-19-14-9-20-10-15(14)21-11-2-3-13(12(16)8-11)18-6-4-17-5-7-18;1-14-10-5-15-6-11(10)16-7-2-3-8(12)9(13)4-7;11-7-2-1-6(3-8(7)12)15-10-5-14-4-9(10)13;1-3-4(6-3)2-5-1/h2-3,8,14-15,17H,4-7,9-10H2,1H3;2-4,10-11H,5-6H2,1H3;1-3,9-10,13H,4-5H2;3-4H,1-2H2/t14-,15-;10-,11-;9-,10-;/m000./s1. The molecule has 320 valence electrons. The van der Waals surface area contributed by atoms with E-state index in [0.717, 1.165) is 39.4 Å². The van der Waals surface area contributed by atoms with Crippen LogP contribution < -0.4 is 24.4 Å². The molecule has 6 heterocycles. The van der Waals surface area contributed by atoms with Gasteiger partial charge in [-0.3, -0.25) is 0 Å². The summed E-state index contributed by atoms with van der Waals surface area (Å²) < 4.78 is 94.3. The average Bonchev–Trinajstić information content (AvgIpc) is 3.73. The molecule has 6 saturated heterocycles. The highest BCUT2D eigenvalue weighted by molar-refractivity contribution is 9.10. The molecule has 0 amide bonds. The Hall–Kier alpha value is -2.75. The Balaban J connectivity index is 0.000000138. The van der Waals surface area contributed by atoms with Crippen LogP contribution in [0.25, 0.3) is 0 Å². The summed E-state index contributed by atoms with van der Waals surface area (Å²) >= 11 is 6.14. The van der Waals surface area contributed by atoms with Crippen molar-refractivity contribution in [2.24, 2.45) is 0 Å². The Bertz CT molecular complexity index is 1740. The fourth-order valence-electron chi connectivity index (χ4n) is 6.45. The monoisotopic (exact) mass is 948 g/mol. The summed E-state index contributed by atoms with van der Waals surface area (Å²) in [6.07, 6.45) is -0.616. The van der Waals surface area contributed by atoms with Gasteiger partial charge in [0, 0.05) is 58.6 Å². The zero-order valence-corrected chi connectivity index (χ0v) is 35.3. The van der Waals surface area contributed by atoms with Gasteiger partial charge in [0.05, 0.1) is 67.5 Å². The summed E-state index contributed by atoms with van der Waals surface area (Å²) in [7, 11) is 3.24. The number of ether oxygens (including phenoxy) is 10. The molecule has 0 bridgehead atoms. The topological polar surface area (TPSA) is 131 Å². The third-order valence-electron chi connectivity index (χ3n) is 9.84. The highest BCUT2D eigenvalue weighted by Gasteiger charge is 2.44. The van der Waals surface area contributed by atoms with Crippen LogP contribution in [0.5, 0.6) is 17.2 Å². The number of anilines is 1. The molecule has 2 N–H and O–H groups in total. The van der Waals surface area contributed by atoms with Crippen LogP contribution in [-0.4, -0.2) is 147 Å². The van der Waals surface area contributed by atoms with Gasteiger partial charge in [-0.05, 0) is 68.3 Å². The lowest BCUT2D eigenvalue weighted by Crippen LogP contribution is -2.43. The molecule has 58 heavy (non-hydrogen) atoms. The molecule has 18 heteroatoms. The first kappa shape index (κ1) is 44.8. The van der Waals surface area contributed by atoms with Crippen molar-refractivity contribution in [2.45, 2.75) is 48.8 Å². The van der Waals surface area contributed by atoms with Crippen molar-refractivity contribution in [2.75, 3.05) is 98.2 Å². The van der Waals surface area contributed by atoms with Crippen LogP contribution in [0.2, 0.25) is 0 Å². The summed E-state index contributed by atoms with van der Waals surface area (Å²) in [6.45, 7) is 7.65. The number of piperazine rings is 1. The molecule has 3 aromatic carbocycles. The maximum atomic E-state index is 14.3. The van der Waals surface area contributed by atoms with Crippen molar-refractivity contribution in [3.63, 3.8) is 0 Å². The highest BCUT2D eigenvalue weighted by Crippen LogP contribution is 2.29. The number of benzene rings is 3. The maximum absolute atomic E-state index is 14.3. The van der Waals surface area contributed by atoms with Crippen LogP contribution >= 0.6 is 31.9 Å². The predicted octanol–water partition coefficient (Wildman–Crippen LogP) is 4.92. The van der Waals surface area contributed by atoms with Crippen molar-refractivity contribution in [3.05, 3.63) is 81.0 Å². The largest absolute Gasteiger partial charge is 0.485 e. The second kappa shape index (κ2) is 22.2. The molecule has 0 aromatic heterocycles. The lowest BCUT2D eigenvalue weighted by molar-refractivity contribution is 0.0325. The smallest absolute Gasteiger partial charge is 0.150 e. The highest BCUT2D eigenvalue weighted by atomic mass is 79.9. The predicted molar refractivity (Wildman–Crippen MR) is 212 cm³/mol. The Labute approximate surface area is 352 Å². The molecule has 8 atom stereocenters. The van der Waals surface area contributed by atoms with E-state index < -0.39 is 12.2 Å². The minimum atomic E-state index is -0.642. The van der Waals surface area contributed by atoms with E-state index in [1.165, 1.54) is 18.2 Å². The first-order chi connectivity index (χ1) is 28.1. The van der Waals surface area contributed by atoms with Gasteiger partial charge in [-0.15, -0.1) is 0 Å². The third-order valence-corrected chi connectivity index (χ3v) is 11.1. The van der Waals surface area contributed by atoms with Crippen LogP contribution in [-0.2, 0) is 33.2 Å². The summed E-state index contributed by atoms with van der Waals surface area (Å²) in [4.78, 5) is 2.05. The molecule has 0 radical (unpaired) electrons. The zero-order valence-electron chi connectivity index (χ0n) is 32.2. The van der Waals surface area contributed by atoms with Gasteiger partial charge in [0.15, 0.2) is 12.2 Å². The number of nitrogens with zero attached hydrogens (tertiary/aromatic N) is 1. The quantitative estimate of drug-likeness (QED) is 0.282. The Morgan fingerprint density at radius 1 is 0.586 bits per heavy atom. The van der Waals surface area contributed by atoms with Crippen LogP contribution in [0.4, 0.5) is 18.9 Å². The molecule has 0 saturated carbocycles. The van der Waals surface area contributed by atoms with Gasteiger partial charge >= 0.3 is 0 Å². The minimum absolute atomic E-state index is 0.0910. The van der Waals surface area contributed by atoms with Crippen molar-refractivity contribution in [1.29, 1.82) is 0 Å². The van der Waals surface area contributed by atoms with E-state index in [2.05, 4.69) is 37.2 Å². The fraction of sp³-hybridized carbons (Fsp3) is 0.550. The second-order valence-electron chi connectivity index (χ2n) is 13.9. The number of epoxide rings is 1. The van der Waals surface area contributed by atoms with E-state index in [1.54, 1.807) is 44.6 Å². The molecule has 3 aromatic rings. The number of hydrogen-bond donors (Lipinski definition) is 2. The van der Waals surface area contributed by atoms with Crippen LogP contribution in [0.1, 0.15) is 0 Å². The molecule has 13 nitrogen and oxygen atoms in total. The molecule has 6 aliphatic rings. The number of methoxy groups -OCH3 is 2. The van der Waals surface area contributed by atoms with Gasteiger partial charge in [0.1, 0.15) is 71.3 Å². The van der Waals surface area contributed by atoms with Crippen molar-refractivity contribution < 1.29 is 65.6 Å². The number of rotatable bonds is 9. The first-order valence-electron chi connectivity index (χ1n) is 19.0. The molecule has 6 fully saturated rings. The number of halogens is 5. The Kier molecular flexibility index (Phi) is 17.1. The van der Waals surface area contributed by atoms with Gasteiger partial charge in [0.2, 0.25) is 0 Å². The molecule has 0 aliphatic carbocycles. The second-order valence-corrected chi connectivity index (χ2v) is 15.7. The van der Waals surface area contributed by atoms with Gasteiger partial charge in [-0.2, -0.15) is 0 Å². The number of aliphatic hydroxyl groups is 1. The molecule has 0 spiro atoms. The van der Waals surface area contributed by atoms with Crippen molar-refractivity contribution in [1.82, 2.24) is 5.32 Å². The van der Waals surface area contributed by atoms with E-state index in [9.17, 15) is 18.3 Å². The van der Waals surface area contributed by atoms with Crippen LogP contribution in [0.3, 0.4) is 0 Å². The lowest BCUT2D eigenvalue weighted by Gasteiger charge is -2.30. The summed E-state index contributed by atoms with van der Waals surface area (Å²) in [5, 5.41) is 12.7. The summed E-state index contributed by atoms with van der Waals surface area (Å²) in [5.41, 5.74) is 0.634. The van der Waals surface area contributed by atoms with Crippen LogP contribution in [0.15, 0.2) is 63.5 Å². The Morgan fingerprint density at radius 3 is 1.43 bits per heavy atom. The van der Waals surface area contributed by atoms with E-state index in [4.69, 9.17) is 47.4 Å². The molecular formula is C40H49Br2F3N2O11. The van der Waals surface area contributed by atoms with Gasteiger partial charge in [-0.25, -0.2) is 13.2 Å². The molecule has 6 aliphatic heterocycles. The number of fused-ring (bicyclic) bond motifs is 1. The molecule has 9 rings (SSSR count). The fourth-order valence-corrected chi connectivity index (χ4v) is 6.94. The van der Waals surface area contributed by atoms with E-state index in [-0.39, 0.29) is 48.5 Å². The minimum Gasteiger partial charge on any atom is -0.485 e. The number of nitrogens with one attached hydrogen (secondary N) is 1. The number of hydrogen-bond acceptors (Lipinski definition) is 13. The van der Waals surface area contributed by atoms with E-state index in [0.29, 0.717) is 77.1 Å². The van der Waals surface area contributed by atoms with Crippen LogP contribution in [0, 0.1) is 17.5 Å². The van der Waals surface area contributed by atoms with E-state index >= 15 is 0 Å².